The summed E-state index contributed by atoms with van der Waals surface area (Å²) in [6.45, 7) is 2.44. The van der Waals surface area contributed by atoms with Crippen LogP contribution in [-0.4, -0.2) is 76.2 Å². The van der Waals surface area contributed by atoms with Gasteiger partial charge in [-0.15, -0.1) is 24.8 Å². The van der Waals surface area contributed by atoms with Gasteiger partial charge in [0.25, 0.3) is 0 Å². The zero-order valence-corrected chi connectivity index (χ0v) is 19.3. The fourth-order valence-electron chi connectivity index (χ4n) is 4.01. The van der Waals surface area contributed by atoms with Crippen molar-refractivity contribution in [2.75, 3.05) is 32.8 Å². The maximum Gasteiger partial charge on any atom is 0.410 e. The molecule has 0 saturated carbocycles. The van der Waals surface area contributed by atoms with Gasteiger partial charge in [-0.1, -0.05) is 18.2 Å². The third-order valence-electron chi connectivity index (χ3n) is 5.71. The molecule has 2 fully saturated rings. The molecule has 3 N–H and O–H groups in total. The Labute approximate surface area is 199 Å². The van der Waals surface area contributed by atoms with Gasteiger partial charge < -0.3 is 30.0 Å². The molecule has 9 nitrogen and oxygen atoms in total. The summed E-state index contributed by atoms with van der Waals surface area (Å²) in [6.07, 6.45) is 4.57. The number of benzene rings is 1. The minimum Gasteiger partial charge on any atom is -0.492 e. The average Bonchev–Trinajstić information content (AvgIpc) is 3.37. The molecule has 0 radical (unpaired) electrons. The summed E-state index contributed by atoms with van der Waals surface area (Å²) in [5.74, 6) is 0.690. The van der Waals surface area contributed by atoms with Crippen LogP contribution >= 0.6 is 24.8 Å². The van der Waals surface area contributed by atoms with Crippen LogP contribution in [0.5, 0.6) is 5.75 Å². The van der Waals surface area contributed by atoms with Crippen molar-refractivity contribution in [3.8, 4) is 5.75 Å². The number of ether oxygens (including phenoxy) is 2. The Kier molecular flexibility index (Phi) is 9.18. The number of aromatic amines is 1. The van der Waals surface area contributed by atoms with E-state index >= 15 is 0 Å². The number of hydrogen-bond donors (Lipinski definition) is 2. The fraction of sp³-hybridized carbons (Fsp3) is 0.476. The second-order valence-electron chi connectivity index (χ2n) is 7.85. The predicted molar refractivity (Wildman–Crippen MR) is 123 cm³/mol. The first-order chi connectivity index (χ1) is 14.5. The number of carbonyl (C=O) groups is 2. The number of hydrogen-bond acceptors (Lipinski definition) is 6. The molecule has 11 heteroatoms. The molecule has 2 aliphatic rings. The van der Waals surface area contributed by atoms with Gasteiger partial charge in [0, 0.05) is 44.2 Å². The van der Waals surface area contributed by atoms with Crippen LogP contribution in [0.1, 0.15) is 18.5 Å². The van der Waals surface area contributed by atoms with Gasteiger partial charge in [0.15, 0.2) is 0 Å². The first-order valence-corrected chi connectivity index (χ1v) is 10.2. The molecule has 32 heavy (non-hydrogen) atoms. The number of likely N-dealkylation sites (tertiary alicyclic amines) is 1. The van der Waals surface area contributed by atoms with E-state index in [9.17, 15) is 9.59 Å². The lowest BCUT2D eigenvalue weighted by atomic mass is 9.91. The van der Waals surface area contributed by atoms with Crippen LogP contribution in [0.4, 0.5) is 4.79 Å². The van der Waals surface area contributed by atoms with Crippen LogP contribution in [0.15, 0.2) is 42.9 Å². The Hall–Kier alpha value is -2.49. The Bertz CT molecular complexity index is 860. The zero-order chi connectivity index (χ0) is 21.0. The maximum atomic E-state index is 12.7. The van der Waals surface area contributed by atoms with E-state index in [0.29, 0.717) is 52.0 Å². The third-order valence-corrected chi connectivity index (χ3v) is 5.71. The van der Waals surface area contributed by atoms with Crippen LogP contribution < -0.4 is 10.5 Å². The quantitative estimate of drug-likeness (QED) is 0.619. The molecular weight excluding hydrogens is 457 g/mol. The van der Waals surface area contributed by atoms with Gasteiger partial charge in [-0.05, 0) is 12.1 Å². The van der Waals surface area contributed by atoms with Gasteiger partial charge in [0.2, 0.25) is 5.91 Å². The smallest absolute Gasteiger partial charge is 0.410 e. The molecule has 0 bridgehead atoms. The summed E-state index contributed by atoms with van der Waals surface area (Å²) in [4.78, 5) is 35.4. The van der Waals surface area contributed by atoms with Crippen molar-refractivity contribution in [1.29, 1.82) is 0 Å². The zero-order valence-electron chi connectivity index (χ0n) is 17.6. The highest BCUT2D eigenvalue weighted by Crippen LogP contribution is 2.33. The van der Waals surface area contributed by atoms with Gasteiger partial charge in [-0.25, -0.2) is 9.78 Å². The molecule has 2 saturated heterocycles. The number of amides is 2. The van der Waals surface area contributed by atoms with Crippen molar-refractivity contribution in [2.24, 2.45) is 5.73 Å². The number of piperidine rings is 1. The van der Waals surface area contributed by atoms with Gasteiger partial charge in [-0.3, -0.25) is 4.79 Å². The van der Waals surface area contributed by atoms with E-state index in [2.05, 4.69) is 9.97 Å². The largest absolute Gasteiger partial charge is 0.492 e. The summed E-state index contributed by atoms with van der Waals surface area (Å²) in [5.41, 5.74) is 6.39. The van der Waals surface area contributed by atoms with E-state index in [1.165, 1.54) is 0 Å². The van der Waals surface area contributed by atoms with E-state index in [-0.39, 0.29) is 36.8 Å². The molecule has 3 heterocycles. The minimum atomic E-state index is -0.614. The number of nitrogens with two attached hydrogens (primary N) is 1. The SMILES string of the molecule is Cl.Cl.N[C@@H](Cc1cnc[nH]1)C(=O)N1CCC2(CC1)CN(CCOc1ccccc1)C(=O)O2. The van der Waals surface area contributed by atoms with E-state index in [4.69, 9.17) is 15.2 Å². The van der Waals surface area contributed by atoms with Crippen molar-refractivity contribution >= 4 is 36.8 Å². The second-order valence-corrected chi connectivity index (χ2v) is 7.85. The van der Waals surface area contributed by atoms with Gasteiger partial charge >= 0.3 is 6.09 Å². The first kappa shape index (κ1) is 25.8. The summed E-state index contributed by atoms with van der Waals surface area (Å²) in [6, 6.07) is 8.89. The van der Waals surface area contributed by atoms with E-state index in [0.717, 1.165) is 11.4 Å². The molecule has 1 atom stereocenters. The van der Waals surface area contributed by atoms with Crippen molar-refractivity contribution in [2.45, 2.75) is 30.9 Å². The Morgan fingerprint density at radius 2 is 1.97 bits per heavy atom. The lowest BCUT2D eigenvalue weighted by Gasteiger charge is -2.38. The summed E-state index contributed by atoms with van der Waals surface area (Å²) >= 11 is 0. The Balaban J connectivity index is 0.00000181. The molecule has 2 aliphatic heterocycles. The van der Waals surface area contributed by atoms with Crippen molar-refractivity contribution in [3.05, 3.63) is 48.5 Å². The third kappa shape index (κ3) is 6.05. The van der Waals surface area contributed by atoms with Crippen LogP contribution in [0.3, 0.4) is 0 Å². The molecule has 1 aromatic carbocycles. The normalized spacial score (nSPS) is 17.8. The standard InChI is InChI=1S/C21H27N5O4.2ClH/c22-18(12-16-13-23-15-24-16)19(27)25-8-6-21(7-9-25)14-26(20(28)30-21)10-11-29-17-4-2-1-3-5-17;;/h1-5,13,15,18H,6-12,14,22H2,(H,23,24);2*1H/t18-;;/m0../s1. The minimum absolute atomic E-state index is 0. The van der Waals surface area contributed by atoms with Crippen LogP contribution in [-0.2, 0) is 16.0 Å². The highest BCUT2D eigenvalue weighted by atomic mass is 35.5. The van der Waals surface area contributed by atoms with E-state index in [1.807, 2.05) is 30.3 Å². The van der Waals surface area contributed by atoms with E-state index in [1.54, 1.807) is 22.3 Å². The number of aromatic nitrogens is 2. The molecule has 0 unspecified atom stereocenters. The number of nitrogens with zero attached hydrogens (tertiary/aromatic N) is 3. The maximum absolute atomic E-state index is 12.7. The lowest BCUT2D eigenvalue weighted by Crippen LogP contribution is -2.53. The summed E-state index contributed by atoms with van der Waals surface area (Å²) in [5, 5.41) is 0. The molecule has 4 rings (SSSR count). The molecule has 176 valence electrons. The van der Waals surface area contributed by atoms with Gasteiger partial charge in [0.1, 0.15) is 18.0 Å². The average molecular weight is 486 g/mol. The number of rotatable bonds is 7. The second kappa shape index (κ2) is 11.4. The van der Waals surface area contributed by atoms with Crippen molar-refractivity contribution in [1.82, 2.24) is 19.8 Å². The van der Waals surface area contributed by atoms with Crippen LogP contribution in [0.2, 0.25) is 0 Å². The van der Waals surface area contributed by atoms with Crippen molar-refractivity contribution < 1.29 is 19.1 Å². The highest BCUT2D eigenvalue weighted by Gasteiger charge is 2.47. The number of nitrogens with one attached hydrogen (secondary N) is 1. The van der Waals surface area contributed by atoms with Gasteiger partial charge in [0.05, 0.1) is 25.5 Å². The van der Waals surface area contributed by atoms with Crippen molar-refractivity contribution in [3.63, 3.8) is 0 Å². The fourth-order valence-corrected chi connectivity index (χ4v) is 4.01. The Morgan fingerprint density at radius 3 is 2.62 bits per heavy atom. The first-order valence-electron chi connectivity index (χ1n) is 10.2. The van der Waals surface area contributed by atoms with E-state index < -0.39 is 11.6 Å². The molecule has 2 aromatic rings. The van der Waals surface area contributed by atoms with Crippen LogP contribution in [0.25, 0.3) is 0 Å². The van der Waals surface area contributed by atoms with Gasteiger partial charge in [-0.2, -0.15) is 0 Å². The molecule has 0 aliphatic carbocycles. The number of imidazole rings is 1. The summed E-state index contributed by atoms with van der Waals surface area (Å²) < 4.78 is 11.4. The number of halogens is 2. The number of H-pyrrole nitrogens is 1. The molecular formula is C21H29Cl2N5O4. The number of para-hydroxylation sites is 1. The lowest BCUT2D eigenvalue weighted by molar-refractivity contribution is -0.136. The predicted octanol–water partition coefficient (Wildman–Crippen LogP) is 2.02. The Morgan fingerprint density at radius 1 is 1.25 bits per heavy atom. The molecule has 2 amide bonds. The topological polar surface area (TPSA) is 114 Å². The summed E-state index contributed by atoms with van der Waals surface area (Å²) in [7, 11) is 0. The molecule has 1 aromatic heterocycles. The molecule has 1 spiro atoms. The highest BCUT2D eigenvalue weighted by molar-refractivity contribution is 5.85. The monoisotopic (exact) mass is 485 g/mol. The van der Waals surface area contributed by atoms with Crippen LogP contribution in [0, 0.1) is 0 Å². The number of carbonyl (C=O) groups excluding carboxylic acids is 2.